The second kappa shape index (κ2) is 22.3. The third kappa shape index (κ3) is 12.3. The van der Waals surface area contributed by atoms with Crippen LogP contribution in [0.2, 0.25) is 0 Å². The van der Waals surface area contributed by atoms with Gasteiger partial charge in [-0.2, -0.15) is 0 Å². The van der Waals surface area contributed by atoms with E-state index in [2.05, 4.69) is 26.3 Å². The van der Waals surface area contributed by atoms with Crippen molar-refractivity contribution in [1.82, 2.24) is 31.2 Å². The summed E-state index contributed by atoms with van der Waals surface area (Å²) in [5, 5.41) is 14.7. The first-order chi connectivity index (χ1) is 26.2. The molecule has 0 aliphatic carbocycles. The van der Waals surface area contributed by atoms with Crippen molar-refractivity contribution in [2.45, 2.75) is 115 Å². The first kappa shape index (κ1) is 45.9. The highest BCUT2D eigenvalue weighted by atomic mass is 32.1. The van der Waals surface area contributed by atoms with Crippen LogP contribution in [0.25, 0.3) is 0 Å². The molecular weight excluding hydrogens is 725 g/mol. The highest BCUT2D eigenvalue weighted by molar-refractivity contribution is 7.09. The molecule has 2 heterocycles. The Morgan fingerprint density at radius 3 is 2.13 bits per heavy atom. The minimum absolute atomic E-state index is 0.0263. The van der Waals surface area contributed by atoms with Gasteiger partial charge in [-0.05, 0) is 36.8 Å². The van der Waals surface area contributed by atoms with Crippen molar-refractivity contribution in [3.63, 3.8) is 0 Å². The Morgan fingerprint density at radius 1 is 0.945 bits per heavy atom. The van der Waals surface area contributed by atoms with Crippen LogP contribution in [0.1, 0.15) is 71.0 Å². The van der Waals surface area contributed by atoms with Crippen molar-refractivity contribution >= 4 is 35.0 Å². The Kier molecular flexibility index (Phi) is 18.6. The van der Waals surface area contributed by atoms with Gasteiger partial charge in [-0.1, -0.05) is 78.3 Å². The number of nitrogens with one attached hydrogen (secondary N) is 4. The number of benzene rings is 1. The number of rotatable bonds is 22. The average molecular weight is 789 g/mol. The van der Waals surface area contributed by atoms with Gasteiger partial charge in [0.25, 0.3) is 5.91 Å². The number of carbonyl (C=O) groups excluding carboxylic acids is 4. The number of carbonyl (C=O) groups is 4. The molecule has 2 unspecified atom stereocenters. The summed E-state index contributed by atoms with van der Waals surface area (Å²) < 4.78 is 23.7. The lowest BCUT2D eigenvalue weighted by atomic mass is 9.89. The van der Waals surface area contributed by atoms with Crippen molar-refractivity contribution in [2.75, 3.05) is 42.0 Å². The highest BCUT2D eigenvalue weighted by Crippen LogP contribution is 2.29. The van der Waals surface area contributed by atoms with Crippen LogP contribution in [-0.2, 0) is 44.5 Å². The van der Waals surface area contributed by atoms with E-state index in [-0.39, 0.29) is 60.4 Å². The summed E-state index contributed by atoms with van der Waals surface area (Å²) in [4.78, 5) is 60.7. The zero-order valence-electron chi connectivity index (χ0n) is 34.4. The normalized spacial score (nSPS) is 21.7. The van der Waals surface area contributed by atoms with Crippen LogP contribution in [0.5, 0.6) is 0 Å². The molecule has 0 saturated carbocycles. The monoisotopic (exact) mass is 788 g/mol. The van der Waals surface area contributed by atoms with Gasteiger partial charge in [0.05, 0.1) is 30.7 Å². The van der Waals surface area contributed by atoms with Gasteiger partial charge < -0.3 is 45.1 Å². The average Bonchev–Trinajstić information content (AvgIpc) is 3.84. The fourth-order valence-corrected chi connectivity index (χ4v) is 7.99. The van der Waals surface area contributed by atoms with Gasteiger partial charge in [0.2, 0.25) is 17.7 Å². The van der Waals surface area contributed by atoms with Crippen LogP contribution < -0.4 is 21.3 Å². The van der Waals surface area contributed by atoms with E-state index in [1.54, 1.807) is 25.2 Å². The summed E-state index contributed by atoms with van der Waals surface area (Å²) in [7, 11) is 7.97. The molecule has 4 amide bonds. The van der Waals surface area contributed by atoms with E-state index >= 15 is 0 Å². The molecule has 308 valence electrons. The fraction of sp³-hybridized carbons (Fsp3) is 0.675. The molecule has 14 nitrogen and oxygen atoms in total. The molecule has 55 heavy (non-hydrogen) atoms. The van der Waals surface area contributed by atoms with Gasteiger partial charge in [-0.15, -0.1) is 11.3 Å². The number of hydrogen-bond donors (Lipinski definition) is 4. The van der Waals surface area contributed by atoms with Crippen LogP contribution >= 0.6 is 11.3 Å². The maximum Gasteiger partial charge on any atom is 0.252 e. The van der Waals surface area contributed by atoms with E-state index < -0.39 is 48.6 Å². The fourth-order valence-electron chi connectivity index (χ4n) is 7.30. The molecule has 3 rings (SSSR count). The number of amides is 4. The lowest BCUT2D eigenvalue weighted by Crippen LogP contribution is -2.59. The Bertz CT molecular complexity index is 1480. The standard InChI is InChI=1S/C40H64N6O8S/c1-12-25(6)33(46(8)40(50)32(24(4)5)45-37(48)31(41-7)23(2)3)28(51-9)21-30(47)43-22-29-34(52-10)35(53-11)36(54-29)38(49)44-27(39-42-18-19-55-39)20-26-16-14-13-15-17-26/h13-19,23-25,27-29,31-36,41H,12,20-22H2,1-11H3,(H,43,47)(H,44,49)(H,45,48)/t25-,27-,28-,29?,31-,32-,33?,34+,35-,36-/m0/s1. The predicted octanol–water partition coefficient (Wildman–Crippen LogP) is 3.12. The molecule has 15 heteroatoms. The lowest BCUT2D eigenvalue weighted by Gasteiger charge is -2.40. The topological polar surface area (TPSA) is 169 Å². The van der Waals surface area contributed by atoms with Crippen molar-refractivity contribution < 1.29 is 38.1 Å². The lowest BCUT2D eigenvalue weighted by molar-refractivity contribution is -0.144. The first-order valence-corrected chi connectivity index (χ1v) is 20.1. The first-order valence-electron chi connectivity index (χ1n) is 19.2. The highest BCUT2D eigenvalue weighted by Gasteiger charge is 2.49. The summed E-state index contributed by atoms with van der Waals surface area (Å²) in [6.07, 6.45) is -0.821. The van der Waals surface area contributed by atoms with Crippen LogP contribution in [0.15, 0.2) is 41.9 Å². The molecular formula is C40H64N6O8S. The number of likely N-dealkylation sites (N-methyl/N-ethyl adjacent to an activating group) is 2. The Hall–Kier alpha value is -3.47. The van der Waals surface area contributed by atoms with Crippen LogP contribution in [0.4, 0.5) is 0 Å². The van der Waals surface area contributed by atoms with E-state index in [9.17, 15) is 19.2 Å². The summed E-state index contributed by atoms with van der Waals surface area (Å²) in [5.74, 6) is -1.39. The van der Waals surface area contributed by atoms with E-state index in [0.717, 1.165) is 17.0 Å². The van der Waals surface area contributed by atoms with Crippen LogP contribution in [0, 0.1) is 17.8 Å². The Morgan fingerprint density at radius 2 is 1.60 bits per heavy atom. The molecule has 1 aliphatic rings. The van der Waals surface area contributed by atoms with Gasteiger partial charge in [-0.3, -0.25) is 19.2 Å². The molecule has 2 aromatic rings. The minimum atomic E-state index is -1.01. The van der Waals surface area contributed by atoms with Crippen LogP contribution in [0.3, 0.4) is 0 Å². The summed E-state index contributed by atoms with van der Waals surface area (Å²) in [6.45, 7) is 11.8. The van der Waals surface area contributed by atoms with Gasteiger partial charge in [-0.25, -0.2) is 4.98 Å². The smallest absolute Gasteiger partial charge is 0.252 e. The molecule has 10 atom stereocenters. The number of ether oxygens (including phenoxy) is 4. The second-order valence-electron chi connectivity index (χ2n) is 15.0. The zero-order chi connectivity index (χ0) is 40.8. The zero-order valence-corrected chi connectivity index (χ0v) is 35.2. The van der Waals surface area contributed by atoms with Gasteiger partial charge in [0.15, 0.2) is 6.10 Å². The summed E-state index contributed by atoms with van der Waals surface area (Å²) in [5.41, 5.74) is 1.05. The van der Waals surface area contributed by atoms with Crippen molar-refractivity contribution in [3.05, 3.63) is 52.5 Å². The van der Waals surface area contributed by atoms with Crippen molar-refractivity contribution in [1.29, 1.82) is 0 Å². The maximum atomic E-state index is 14.1. The van der Waals surface area contributed by atoms with E-state index in [1.165, 1.54) is 32.7 Å². The third-order valence-corrected chi connectivity index (χ3v) is 11.4. The molecule has 1 aliphatic heterocycles. The van der Waals surface area contributed by atoms with Crippen molar-refractivity contribution in [3.8, 4) is 0 Å². The number of methoxy groups -OCH3 is 3. The third-order valence-electron chi connectivity index (χ3n) is 10.5. The van der Waals surface area contributed by atoms with E-state index in [1.807, 2.05) is 77.3 Å². The summed E-state index contributed by atoms with van der Waals surface area (Å²) >= 11 is 1.46. The van der Waals surface area contributed by atoms with Gasteiger partial charge in [0, 0.05) is 46.5 Å². The molecule has 0 radical (unpaired) electrons. The Labute approximate surface area is 331 Å². The summed E-state index contributed by atoms with van der Waals surface area (Å²) in [6, 6.07) is 7.77. The molecule has 4 N–H and O–H groups in total. The van der Waals surface area contributed by atoms with Crippen molar-refractivity contribution in [2.24, 2.45) is 17.8 Å². The quantitative estimate of drug-likeness (QED) is 0.139. The molecule has 1 aromatic carbocycles. The molecule has 1 fully saturated rings. The molecule has 1 saturated heterocycles. The molecule has 1 aromatic heterocycles. The SMILES string of the molecule is CC[C@H](C)C([C@H](CC(=O)NCC1O[C@H](C(=O)N[C@@H](Cc2ccccc2)c2nccs2)[C@@H](OC)[C@@H]1OC)OC)N(C)C(=O)[C@@H](NC(=O)[C@@H](NC)C(C)C)C(C)C. The number of aromatic nitrogens is 1. The second-order valence-corrected chi connectivity index (χ2v) is 15.9. The van der Waals surface area contributed by atoms with Gasteiger partial charge in [0.1, 0.15) is 29.4 Å². The predicted molar refractivity (Wildman–Crippen MR) is 212 cm³/mol. The number of thiazole rings is 1. The van der Waals surface area contributed by atoms with E-state index in [0.29, 0.717) is 6.42 Å². The Balaban J connectivity index is 1.71. The number of nitrogens with zero attached hydrogens (tertiary/aromatic N) is 2. The maximum absolute atomic E-state index is 14.1. The van der Waals surface area contributed by atoms with E-state index in [4.69, 9.17) is 18.9 Å². The largest absolute Gasteiger partial charge is 0.379 e. The molecule has 0 spiro atoms. The van der Waals surface area contributed by atoms with Gasteiger partial charge >= 0.3 is 0 Å². The minimum Gasteiger partial charge on any atom is -0.379 e. The van der Waals surface area contributed by atoms with Crippen LogP contribution in [-0.4, -0.2) is 124 Å². The number of hydrogen-bond acceptors (Lipinski definition) is 11. The molecule has 0 bridgehead atoms.